The highest BCUT2D eigenvalue weighted by atomic mass is 16.5. The minimum absolute atomic E-state index is 0.145. The third-order valence-corrected chi connectivity index (χ3v) is 3.65. The molecule has 5 N–H and O–H groups in total. The molecule has 1 unspecified atom stereocenters. The van der Waals surface area contributed by atoms with E-state index in [0.717, 1.165) is 5.56 Å². The Labute approximate surface area is 147 Å². The number of aryl methyl sites for hydroxylation is 1. The summed E-state index contributed by atoms with van der Waals surface area (Å²) in [5.41, 5.74) is 10.4. The van der Waals surface area contributed by atoms with Crippen LogP contribution in [-0.2, 0) is 4.74 Å². The van der Waals surface area contributed by atoms with Crippen molar-refractivity contribution in [3.05, 3.63) is 77.2 Å². The summed E-state index contributed by atoms with van der Waals surface area (Å²) in [7, 11) is 0. The molecule has 0 bridgehead atoms. The maximum absolute atomic E-state index is 11.4. The first-order valence-corrected chi connectivity index (χ1v) is 7.91. The maximum Gasteiger partial charge on any atom is 0.265 e. The predicted molar refractivity (Wildman–Crippen MR) is 96.5 cm³/mol. The Morgan fingerprint density at radius 3 is 2.56 bits per heavy atom. The molecule has 2 aromatic carbocycles. The van der Waals surface area contributed by atoms with E-state index in [4.69, 9.17) is 21.1 Å². The van der Waals surface area contributed by atoms with Crippen LogP contribution in [0.2, 0.25) is 0 Å². The molecule has 1 amide bonds. The number of carbonyl (C=O) groups is 1. The Balaban J connectivity index is 1.93. The lowest BCUT2D eigenvalue weighted by Gasteiger charge is -2.18. The molecule has 6 heteroatoms. The second-order valence-corrected chi connectivity index (χ2v) is 5.59. The van der Waals surface area contributed by atoms with Crippen LogP contribution >= 0.6 is 0 Å². The smallest absolute Gasteiger partial charge is 0.265 e. The lowest BCUT2D eigenvalue weighted by molar-refractivity contribution is 0.0953. The first kappa shape index (κ1) is 18.4. The second-order valence-electron chi connectivity index (χ2n) is 5.59. The molecule has 2 rings (SSSR count). The fourth-order valence-electron chi connectivity index (χ4n) is 2.28. The van der Waals surface area contributed by atoms with E-state index in [1.807, 2.05) is 32.0 Å². The number of rotatable bonds is 7. The van der Waals surface area contributed by atoms with Crippen molar-refractivity contribution in [1.29, 1.82) is 0 Å². The van der Waals surface area contributed by atoms with Gasteiger partial charge in [0.1, 0.15) is 24.2 Å². The van der Waals surface area contributed by atoms with Crippen LogP contribution in [0.15, 0.2) is 60.5 Å². The topological polar surface area (TPSA) is 99.6 Å². The molecule has 0 aliphatic carbocycles. The zero-order chi connectivity index (χ0) is 18.2. The van der Waals surface area contributed by atoms with Gasteiger partial charge in [0.15, 0.2) is 0 Å². The van der Waals surface area contributed by atoms with Gasteiger partial charge in [0.05, 0.1) is 0 Å². The Bertz CT molecular complexity index is 742. The molecule has 1 atom stereocenters. The van der Waals surface area contributed by atoms with Crippen LogP contribution in [0.1, 0.15) is 34.5 Å². The standard InChI is InChI=1S/C19H23N3O3/c1-13-4-3-5-16(10-13)14(2)25-18(11-20)12-24-17-8-6-15(7-9-17)19(23)22-21/h3-11,14H,12,20-21H2,1-2H3,(H,22,23)/b18-11-. The molecule has 0 aromatic heterocycles. The molecule has 0 saturated carbocycles. The van der Waals surface area contributed by atoms with Gasteiger partial charge < -0.3 is 15.2 Å². The lowest BCUT2D eigenvalue weighted by Crippen LogP contribution is -2.29. The van der Waals surface area contributed by atoms with Crippen molar-refractivity contribution in [2.45, 2.75) is 20.0 Å². The number of nitrogens with two attached hydrogens (primary N) is 2. The molecule has 0 spiro atoms. The zero-order valence-corrected chi connectivity index (χ0v) is 14.4. The molecule has 132 valence electrons. The van der Waals surface area contributed by atoms with Gasteiger partial charge in [-0.25, -0.2) is 5.84 Å². The predicted octanol–water partition coefficient (Wildman–Crippen LogP) is 2.56. The average Bonchev–Trinajstić information content (AvgIpc) is 2.64. The number of hydrogen-bond acceptors (Lipinski definition) is 5. The van der Waals surface area contributed by atoms with Gasteiger partial charge in [-0.2, -0.15) is 0 Å². The number of benzene rings is 2. The monoisotopic (exact) mass is 341 g/mol. The fraction of sp³-hybridized carbons (Fsp3) is 0.211. The molecule has 0 aliphatic rings. The van der Waals surface area contributed by atoms with Gasteiger partial charge in [-0.15, -0.1) is 0 Å². The SMILES string of the molecule is Cc1cccc(C(C)O/C(=C\N)COc2ccc(C(=O)NN)cc2)c1. The van der Waals surface area contributed by atoms with Crippen LogP contribution in [0.4, 0.5) is 0 Å². The summed E-state index contributed by atoms with van der Waals surface area (Å²) in [5.74, 6) is 5.86. The molecule has 2 aromatic rings. The minimum atomic E-state index is -0.357. The largest absolute Gasteiger partial charge is 0.486 e. The number of ether oxygens (including phenoxy) is 2. The number of amides is 1. The van der Waals surface area contributed by atoms with E-state index >= 15 is 0 Å². The van der Waals surface area contributed by atoms with E-state index < -0.39 is 0 Å². The summed E-state index contributed by atoms with van der Waals surface area (Å²) in [6.07, 6.45) is 1.25. The quantitative estimate of drug-likeness (QED) is 0.311. The number of nitrogens with one attached hydrogen (secondary N) is 1. The van der Waals surface area contributed by atoms with Gasteiger partial charge in [0.2, 0.25) is 0 Å². The van der Waals surface area contributed by atoms with Crippen molar-refractivity contribution in [2.75, 3.05) is 6.61 Å². The first-order chi connectivity index (χ1) is 12.0. The molecular weight excluding hydrogens is 318 g/mol. The van der Waals surface area contributed by atoms with E-state index in [0.29, 0.717) is 17.1 Å². The molecule has 25 heavy (non-hydrogen) atoms. The molecule has 0 fully saturated rings. The third-order valence-electron chi connectivity index (χ3n) is 3.65. The summed E-state index contributed by atoms with van der Waals surface area (Å²) in [6.45, 7) is 4.18. The molecular formula is C19H23N3O3. The first-order valence-electron chi connectivity index (χ1n) is 7.91. The van der Waals surface area contributed by atoms with Crippen molar-refractivity contribution < 1.29 is 14.3 Å². The Morgan fingerprint density at radius 1 is 1.24 bits per heavy atom. The number of hydrazine groups is 1. The number of nitrogen functional groups attached to an aromatic ring is 1. The minimum Gasteiger partial charge on any atom is -0.486 e. The van der Waals surface area contributed by atoms with Crippen molar-refractivity contribution in [3.8, 4) is 5.75 Å². The zero-order valence-electron chi connectivity index (χ0n) is 14.4. The summed E-state index contributed by atoms with van der Waals surface area (Å²) < 4.78 is 11.5. The number of hydrogen-bond donors (Lipinski definition) is 3. The summed E-state index contributed by atoms with van der Waals surface area (Å²) in [4.78, 5) is 11.4. The van der Waals surface area contributed by atoms with Crippen molar-refractivity contribution in [3.63, 3.8) is 0 Å². The van der Waals surface area contributed by atoms with Crippen molar-refractivity contribution in [2.24, 2.45) is 11.6 Å². The average molecular weight is 341 g/mol. The van der Waals surface area contributed by atoms with Gasteiger partial charge in [0.25, 0.3) is 5.91 Å². The van der Waals surface area contributed by atoms with Crippen LogP contribution in [-0.4, -0.2) is 12.5 Å². The highest BCUT2D eigenvalue weighted by Crippen LogP contribution is 2.21. The second kappa shape index (κ2) is 8.75. The Kier molecular flexibility index (Phi) is 6.42. The van der Waals surface area contributed by atoms with Crippen molar-refractivity contribution in [1.82, 2.24) is 5.43 Å². The van der Waals surface area contributed by atoms with Crippen LogP contribution < -0.4 is 21.7 Å². The fourth-order valence-corrected chi connectivity index (χ4v) is 2.28. The van der Waals surface area contributed by atoms with Gasteiger partial charge in [-0.3, -0.25) is 10.2 Å². The molecule has 0 radical (unpaired) electrons. The van der Waals surface area contributed by atoms with E-state index in [2.05, 4.69) is 11.5 Å². The van der Waals surface area contributed by atoms with E-state index in [9.17, 15) is 4.79 Å². The highest BCUT2D eigenvalue weighted by Gasteiger charge is 2.10. The summed E-state index contributed by atoms with van der Waals surface area (Å²) in [6, 6.07) is 14.7. The Hall–Kier alpha value is -2.99. The summed E-state index contributed by atoms with van der Waals surface area (Å²) >= 11 is 0. The Morgan fingerprint density at radius 2 is 1.96 bits per heavy atom. The van der Waals surface area contributed by atoms with E-state index in [1.54, 1.807) is 24.3 Å². The molecule has 0 saturated heterocycles. The highest BCUT2D eigenvalue weighted by molar-refractivity contribution is 5.93. The van der Waals surface area contributed by atoms with Crippen LogP contribution in [0, 0.1) is 6.92 Å². The molecule has 0 aliphatic heterocycles. The maximum atomic E-state index is 11.4. The van der Waals surface area contributed by atoms with Gasteiger partial charge in [-0.1, -0.05) is 29.8 Å². The van der Waals surface area contributed by atoms with Gasteiger partial charge in [-0.05, 0) is 43.7 Å². The van der Waals surface area contributed by atoms with Crippen molar-refractivity contribution >= 4 is 5.91 Å². The normalized spacial score (nSPS) is 12.4. The van der Waals surface area contributed by atoms with Crippen LogP contribution in [0.5, 0.6) is 5.75 Å². The number of carbonyl (C=O) groups excluding carboxylic acids is 1. The van der Waals surface area contributed by atoms with E-state index in [1.165, 1.54) is 11.8 Å². The van der Waals surface area contributed by atoms with Crippen LogP contribution in [0.25, 0.3) is 0 Å². The third kappa shape index (κ3) is 5.26. The van der Waals surface area contributed by atoms with Gasteiger partial charge >= 0.3 is 0 Å². The molecule has 0 heterocycles. The molecule has 6 nitrogen and oxygen atoms in total. The lowest BCUT2D eigenvalue weighted by atomic mass is 10.1. The van der Waals surface area contributed by atoms with Gasteiger partial charge in [0, 0.05) is 11.8 Å². The summed E-state index contributed by atoms with van der Waals surface area (Å²) in [5, 5.41) is 0. The van der Waals surface area contributed by atoms with E-state index in [-0.39, 0.29) is 18.6 Å². The van der Waals surface area contributed by atoms with Crippen LogP contribution in [0.3, 0.4) is 0 Å².